The number of esters is 1. The van der Waals surface area contributed by atoms with E-state index in [4.69, 9.17) is 4.74 Å². The second-order valence-corrected chi connectivity index (χ2v) is 6.90. The van der Waals surface area contributed by atoms with Crippen molar-refractivity contribution in [3.05, 3.63) is 41.6 Å². The number of hydrogen-bond acceptors (Lipinski definition) is 6. The van der Waals surface area contributed by atoms with Crippen molar-refractivity contribution < 1.29 is 14.3 Å². The summed E-state index contributed by atoms with van der Waals surface area (Å²) in [6.45, 7) is 3.77. The molecule has 0 spiro atoms. The number of thioether (sulfide) groups is 1. The number of urea groups is 1. The lowest BCUT2D eigenvalue weighted by atomic mass is 10.1. The second kappa shape index (κ2) is 8.26. The molecule has 2 aromatic rings. The van der Waals surface area contributed by atoms with Crippen LogP contribution in [0.2, 0.25) is 0 Å². The first-order chi connectivity index (χ1) is 13.0. The Bertz CT molecular complexity index is 878. The highest BCUT2D eigenvalue weighted by Crippen LogP contribution is 2.25. The van der Waals surface area contributed by atoms with E-state index in [9.17, 15) is 9.59 Å². The first kappa shape index (κ1) is 19.0. The minimum atomic E-state index is -0.434. The molecule has 2 N–H and O–H groups in total. The van der Waals surface area contributed by atoms with E-state index in [-0.39, 0.29) is 12.6 Å². The van der Waals surface area contributed by atoms with Gasteiger partial charge in [-0.1, -0.05) is 42.1 Å². The predicted octanol–water partition coefficient (Wildman–Crippen LogP) is 2.09. The van der Waals surface area contributed by atoms with Crippen molar-refractivity contribution in [2.45, 2.75) is 25.0 Å². The first-order valence-electron chi connectivity index (χ1n) is 8.56. The van der Waals surface area contributed by atoms with Crippen LogP contribution in [-0.2, 0) is 16.6 Å². The summed E-state index contributed by atoms with van der Waals surface area (Å²) in [5, 5.41) is 14.6. The van der Waals surface area contributed by atoms with Crippen LogP contribution in [-0.4, -0.2) is 45.2 Å². The smallest absolute Gasteiger partial charge is 0.337 e. The molecule has 0 saturated carbocycles. The molecule has 1 aliphatic heterocycles. The zero-order valence-corrected chi connectivity index (χ0v) is 16.2. The van der Waals surface area contributed by atoms with Crippen LogP contribution in [0.1, 0.15) is 13.8 Å². The summed E-state index contributed by atoms with van der Waals surface area (Å²) in [4.78, 5) is 24.1. The molecule has 142 valence electrons. The Kier molecular flexibility index (Phi) is 5.80. The van der Waals surface area contributed by atoms with Gasteiger partial charge in [0.25, 0.3) is 0 Å². The molecule has 1 unspecified atom stereocenters. The zero-order valence-electron chi connectivity index (χ0n) is 15.4. The highest BCUT2D eigenvalue weighted by atomic mass is 32.2. The van der Waals surface area contributed by atoms with Gasteiger partial charge >= 0.3 is 12.0 Å². The third kappa shape index (κ3) is 4.13. The van der Waals surface area contributed by atoms with Crippen LogP contribution < -0.4 is 10.6 Å². The quantitative estimate of drug-likeness (QED) is 0.582. The molecule has 27 heavy (non-hydrogen) atoms. The second-order valence-electron chi connectivity index (χ2n) is 5.95. The lowest BCUT2D eigenvalue weighted by molar-refractivity contribution is -0.138. The average Bonchev–Trinajstić information content (AvgIpc) is 3.01. The Morgan fingerprint density at radius 3 is 2.74 bits per heavy atom. The Hall–Kier alpha value is -2.81. The molecule has 8 nitrogen and oxygen atoms in total. The number of hydrogen-bond donors (Lipinski definition) is 2. The van der Waals surface area contributed by atoms with E-state index in [1.54, 1.807) is 13.8 Å². The number of carbonyl (C=O) groups excluding carboxylic acids is 2. The van der Waals surface area contributed by atoms with Gasteiger partial charge in [-0.2, -0.15) is 0 Å². The molecule has 9 heteroatoms. The minimum Gasteiger partial charge on any atom is -0.463 e. The molecule has 0 radical (unpaired) electrons. The van der Waals surface area contributed by atoms with Crippen LogP contribution in [0.25, 0.3) is 11.4 Å². The normalized spacial score (nSPS) is 16.7. The van der Waals surface area contributed by atoms with Gasteiger partial charge in [0.2, 0.25) is 0 Å². The standard InChI is InChI=1S/C18H21N5O3S/c1-4-26-16(24)14-11(2)19-17(25)20-13(14)10-27-18-22-21-15(23(18)3)12-8-6-5-7-9-12/h5-9,11H,4,10H2,1-3H3,(H2,19,20,25). The molecule has 1 aromatic carbocycles. The van der Waals surface area contributed by atoms with Crippen molar-refractivity contribution in [1.29, 1.82) is 0 Å². The van der Waals surface area contributed by atoms with Crippen molar-refractivity contribution in [3.8, 4) is 11.4 Å². The van der Waals surface area contributed by atoms with Crippen molar-refractivity contribution in [2.75, 3.05) is 12.4 Å². The maximum absolute atomic E-state index is 12.3. The fourth-order valence-corrected chi connectivity index (χ4v) is 3.69. The number of nitrogens with zero attached hydrogens (tertiary/aromatic N) is 3. The molecule has 1 aromatic heterocycles. The molecule has 0 fully saturated rings. The summed E-state index contributed by atoms with van der Waals surface area (Å²) in [6, 6.07) is 9.00. The maximum Gasteiger partial charge on any atom is 0.337 e. The number of aromatic nitrogens is 3. The van der Waals surface area contributed by atoms with Gasteiger partial charge in [0, 0.05) is 24.1 Å². The summed E-state index contributed by atoms with van der Waals surface area (Å²) < 4.78 is 7.01. The van der Waals surface area contributed by atoms with Crippen LogP contribution in [0, 0.1) is 0 Å². The van der Waals surface area contributed by atoms with E-state index < -0.39 is 12.0 Å². The lowest BCUT2D eigenvalue weighted by Gasteiger charge is -2.26. The molecule has 1 atom stereocenters. The third-order valence-corrected chi connectivity index (χ3v) is 5.12. The third-order valence-electron chi connectivity index (χ3n) is 4.08. The van der Waals surface area contributed by atoms with Gasteiger partial charge in [0.1, 0.15) is 0 Å². The molecule has 1 aliphatic rings. The number of ether oxygens (including phenoxy) is 1. The van der Waals surface area contributed by atoms with Crippen molar-refractivity contribution >= 4 is 23.8 Å². The summed E-state index contributed by atoms with van der Waals surface area (Å²) in [5.41, 5.74) is 1.92. The van der Waals surface area contributed by atoms with Crippen LogP contribution in [0.5, 0.6) is 0 Å². The summed E-state index contributed by atoms with van der Waals surface area (Å²) >= 11 is 1.39. The predicted molar refractivity (Wildman–Crippen MR) is 102 cm³/mol. The molecule has 3 rings (SSSR count). The highest BCUT2D eigenvalue weighted by molar-refractivity contribution is 7.99. The Morgan fingerprint density at radius 1 is 1.30 bits per heavy atom. The van der Waals surface area contributed by atoms with Crippen LogP contribution in [0.3, 0.4) is 0 Å². The van der Waals surface area contributed by atoms with Crippen molar-refractivity contribution in [1.82, 2.24) is 25.4 Å². The largest absolute Gasteiger partial charge is 0.463 e. The fraction of sp³-hybridized carbons (Fsp3) is 0.333. The van der Waals surface area contributed by atoms with E-state index >= 15 is 0 Å². The van der Waals surface area contributed by atoms with E-state index in [1.165, 1.54) is 11.8 Å². The van der Waals surface area contributed by atoms with E-state index in [2.05, 4.69) is 20.8 Å². The Balaban J connectivity index is 1.82. The topological polar surface area (TPSA) is 98.1 Å². The molecule has 0 bridgehead atoms. The fourth-order valence-electron chi connectivity index (χ4n) is 2.81. The van der Waals surface area contributed by atoms with Crippen LogP contribution in [0.15, 0.2) is 46.8 Å². The molecule has 2 amide bonds. The summed E-state index contributed by atoms with van der Waals surface area (Å²) in [7, 11) is 1.88. The number of amides is 2. The first-order valence-corrected chi connectivity index (χ1v) is 9.55. The van der Waals surface area contributed by atoms with Crippen molar-refractivity contribution in [2.24, 2.45) is 7.05 Å². The highest BCUT2D eigenvalue weighted by Gasteiger charge is 2.29. The van der Waals surface area contributed by atoms with Crippen LogP contribution in [0.4, 0.5) is 4.79 Å². The lowest BCUT2D eigenvalue weighted by Crippen LogP contribution is -2.49. The molecule has 2 heterocycles. The minimum absolute atomic E-state index is 0.271. The van der Waals surface area contributed by atoms with Gasteiger partial charge in [0.05, 0.1) is 18.2 Å². The van der Waals surface area contributed by atoms with Gasteiger partial charge in [0.15, 0.2) is 11.0 Å². The average molecular weight is 387 g/mol. The summed E-state index contributed by atoms with van der Waals surface area (Å²) in [6.07, 6.45) is 0. The maximum atomic E-state index is 12.3. The van der Waals surface area contributed by atoms with Crippen molar-refractivity contribution in [3.63, 3.8) is 0 Å². The van der Waals surface area contributed by atoms with E-state index in [1.807, 2.05) is 41.9 Å². The van der Waals surface area contributed by atoms with Gasteiger partial charge in [-0.05, 0) is 13.8 Å². The number of carbonyl (C=O) groups is 2. The van der Waals surface area contributed by atoms with Crippen LogP contribution >= 0.6 is 11.8 Å². The monoisotopic (exact) mass is 387 g/mol. The van der Waals surface area contributed by atoms with E-state index in [0.717, 1.165) is 11.4 Å². The van der Waals surface area contributed by atoms with Gasteiger partial charge in [-0.3, -0.25) is 0 Å². The molecule has 0 saturated heterocycles. The van der Waals surface area contributed by atoms with Gasteiger partial charge in [-0.15, -0.1) is 10.2 Å². The van der Waals surface area contributed by atoms with Gasteiger partial charge < -0.3 is 19.9 Å². The number of benzene rings is 1. The van der Waals surface area contributed by atoms with Gasteiger partial charge in [-0.25, -0.2) is 9.59 Å². The molecular formula is C18H21N5O3S. The molecule has 0 aliphatic carbocycles. The van der Waals surface area contributed by atoms with E-state index in [0.29, 0.717) is 22.2 Å². The zero-order chi connectivity index (χ0) is 19.4. The Morgan fingerprint density at radius 2 is 2.04 bits per heavy atom. The number of rotatable bonds is 6. The molecular weight excluding hydrogens is 366 g/mol. The number of nitrogens with one attached hydrogen (secondary N) is 2. The summed E-state index contributed by atoms with van der Waals surface area (Å²) in [5.74, 6) is 0.684. The SMILES string of the molecule is CCOC(=O)C1=C(CSc2nnc(-c3ccccc3)n2C)NC(=O)NC1C. The Labute approximate surface area is 161 Å².